The van der Waals surface area contributed by atoms with Crippen molar-refractivity contribution >= 4 is 34.4 Å². The molecule has 0 atom stereocenters. The standard InChI is InChI=1S/C16H16N4O2S/c1-11-7-9-13(10-8-11)12(2)18-19-16(23)17-14-5-3-4-6-15(14)20(21)22/h3-10H,1-2H3,(H2,17,19,23)/b18-12-. The van der Waals surface area contributed by atoms with Crippen LogP contribution in [0.3, 0.4) is 0 Å². The molecule has 0 radical (unpaired) electrons. The van der Waals surface area contributed by atoms with Crippen LogP contribution in [0.5, 0.6) is 0 Å². The highest BCUT2D eigenvalue weighted by Crippen LogP contribution is 2.22. The lowest BCUT2D eigenvalue weighted by Crippen LogP contribution is -2.25. The van der Waals surface area contributed by atoms with Gasteiger partial charge >= 0.3 is 0 Å². The van der Waals surface area contributed by atoms with Gasteiger partial charge in [-0.2, -0.15) is 5.10 Å². The molecule has 0 unspecified atom stereocenters. The fraction of sp³-hybridized carbons (Fsp3) is 0.125. The molecule has 0 spiro atoms. The normalized spacial score (nSPS) is 11.0. The minimum Gasteiger partial charge on any atom is -0.326 e. The summed E-state index contributed by atoms with van der Waals surface area (Å²) in [5.41, 5.74) is 5.87. The summed E-state index contributed by atoms with van der Waals surface area (Å²) in [4.78, 5) is 10.5. The smallest absolute Gasteiger partial charge is 0.292 e. The lowest BCUT2D eigenvalue weighted by molar-refractivity contribution is -0.383. The van der Waals surface area contributed by atoms with E-state index in [0.717, 1.165) is 11.3 Å². The highest BCUT2D eigenvalue weighted by atomic mass is 32.1. The van der Waals surface area contributed by atoms with Crippen LogP contribution < -0.4 is 10.7 Å². The fourth-order valence-corrected chi connectivity index (χ4v) is 2.04. The van der Waals surface area contributed by atoms with Gasteiger partial charge in [0.25, 0.3) is 5.69 Å². The summed E-state index contributed by atoms with van der Waals surface area (Å²) in [6.45, 7) is 3.87. The minimum absolute atomic E-state index is 0.0455. The number of hydrazone groups is 1. The second-order valence-electron chi connectivity index (χ2n) is 4.90. The monoisotopic (exact) mass is 328 g/mol. The first-order valence-corrected chi connectivity index (χ1v) is 7.30. The number of aryl methyl sites for hydroxylation is 1. The molecule has 2 rings (SSSR count). The van der Waals surface area contributed by atoms with Crippen LogP contribution in [0.2, 0.25) is 0 Å². The summed E-state index contributed by atoms with van der Waals surface area (Å²) in [6.07, 6.45) is 0. The Morgan fingerprint density at radius 3 is 2.48 bits per heavy atom. The van der Waals surface area contributed by atoms with Gasteiger partial charge in [-0.1, -0.05) is 42.0 Å². The maximum absolute atomic E-state index is 11.0. The van der Waals surface area contributed by atoms with Crippen molar-refractivity contribution in [2.24, 2.45) is 5.10 Å². The van der Waals surface area contributed by atoms with E-state index in [2.05, 4.69) is 15.8 Å². The molecule has 0 aliphatic heterocycles. The molecule has 0 amide bonds. The highest BCUT2D eigenvalue weighted by Gasteiger charge is 2.12. The first kappa shape index (κ1) is 16.6. The van der Waals surface area contributed by atoms with Crippen molar-refractivity contribution < 1.29 is 4.92 Å². The van der Waals surface area contributed by atoms with Gasteiger partial charge in [-0.05, 0) is 37.7 Å². The van der Waals surface area contributed by atoms with E-state index in [4.69, 9.17) is 12.2 Å². The third kappa shape index (κ3) is 4.58. The Labute approximate surface area is 139 Å². The Kier molecular flexibility index (Phi) is 5.37. The van der Waals surface area contributed by atoms with Crippen LogP contribution >= 0.6 is 12.2 Å². The second kappa shape index (κ2) is 7.46. The molecule has 0 heterocycles. The maximum Gasteiger partial charge on any atom is 0.292 e. The van der Waals surface area contributed by atoms with Crippen LogP contribution in [0.4, 0.5) is 11.4 Å². The second-order valence-corrected chi connectivity index (χ2v) is 5.31. The Bertz CT molecular complexity index is 757. The Hall–Kier alpha value is -2.80. The molecule has 2 N–H and O–H groups in total. The van der Waals surface area contributed by atoms with Crippen molar-refractivity contribution in [2.75, 3.05) is 5.32 Å². The number of hydrogen-bond donors (Lipinski definition) is 2. The van der Waals surface area contributed by atoms with Crippen LogP contribution in [-0.2, 0) is 0 Å². The zero-order valence-corrected chi connectivity index (χ0v) is 13.6. The summed E-state index contributed by atoms with van der Waals surface area (Å²) in [5, 5.41) is 18.1. The molecule has 2 aromatic rings. The average molecular weight is 328 g/mol. The molecule has 7 heteroatoms. The van der Waals surface area contributed by atoms with E-state index in [9.17, 15) is 10.1 Å². The molecule has 0 saturated carbocycles. The number of thiocarbonyl (C=S) groups is 1. The van der Waals surface area contributed by atoms with Crippen molar-refractivity contribution in [3.63, 3.8) is 0 Å². The van der Waals surface area contributed by atoms with E-state index in [-0.39, 0.29) is 10.8 Å². The van der Waals surface area contributed by atoms with Crippen molar-refractivity contribution in [3.05, 3.63) is 69.8 Å². The van der Waals surface area contributed by atoms with Gasteiger partial charge in [-0.3, -0.25) is 15.5 Å². The third-order valence-electron chi connectivity index (χ3n) is 3.14. The first-order valence-electron chi connectivity index (χ1n) is 6.89. The Balaban J connectivity index is 2.04. The molecular formula is C16H16N4O2S. The van der Waals surface area contributed by atoms with Gasteiger partial charge < -0.3 is 5.32 Å². The van der Waals surface area contributed by atoms with Crippen molar-refractivity contribution in [2.45, 2.75) is 13.8 Å². The van der Waals surface area contributed by atoms with Crippen LogP contribution in [0.15, 0.2) is 53.6 Å². The Morgan fingerprint density at radius 1 is 1.17 bits per heavy atom. The van der Waals surface area contributed by atoms with Crippen molar-refractivity contribution in [1.29, 1.82) is 0 Å². The summed E-state index contributed by atoms with van der Waals surface area (Å²) in [6, 6.07) is 14.2. The minimum atomic E-state index is -0.467. The third-order valence-corrected chi connectivity index (χ3v) is 3.34. The zero-order chi connectivity index (χ0) is 16.8. The predicted molar refractivity (Wildman–Crippen MR) is 95.8 cm³/mol. The summed E-state index contributed by atoms with van der Waals surface area (Å²) in [7, 11) is 0. The van der Waals surface area contributed by atoms with Gasteiger partial charge in [0.05, 0.1) is 10.6 Å². The lowest BCUT2D eigenvalue weighted by atomic mass is 10.1. The number of benzene rings is 2. The predicted octanol–water partition coefficient (Wildman–Crippen LogP) is 3.61. The van der Waals surface area contributed by atoms with Gasteiger partial charge in [-0.15, -0.1) is 0 Å². The molecule has 23 heavy (non-hydrogen) atoms. The topological polar surface area (TPSA) is 79.6 Å². The Morgan fingerprint density at radius 2 is 1.83 bits per heavy atom. The molecule has 6 nitrogen and oxygen atoms in total. The fourth-order valence-electron chi connectivity index (χ4n) is 1.88. The van der Waals surface area contributed by atoms with E-state index >= 15 is 0 Å². The van der Waals surface area contributed by atoms with Gasteiger partial charge in [0.1, 0.15) is 5.69 Å². The number of para-hydroxylation sites is 2. The molecule has 0 bridgehead atoms. The lowest BCUT2D eigenvalue weighted by Gasteiger charge is -2.08. The van der Waals surface area contributed by atoms with Crippen LogP contribution in [0.25, 0.3) is 0 Å². The van der Waals surface area contributed by atoms with Crippen molar-refractivity contribution in [1.82, 2.24) is 5.43 Å². The van der Waals surface area contributed by atoms with E-state index < -0.39 is 4.92 Å². The number of rotatable bonds is 4. The average Bonchev–Trinajstić information content (AvgIpc) is 2.53. The van der Waals surface area contributed by atoms with Gasteiger partial charge in [0.15, 0.2) is 5.11 Å². The quantitative estimate of drug-likeness (QED) is 0.388. The largest absolute Gasteiger partial charge is 0.326 e. The number of hydrogen-bond acceptors (Lipinski definition) is 4. The van der Waals surface area contributed by atoms with Crippen molar-refractivity contribution in [3.8, 4) is 0 Å². The zero-order valence-electron chi connectivity index (χ0n) is 12.7. The van der Waals surface area contributed by atoms with E-state index in [1.54, 1.807) is 18.2 Å². The molecule has 0 fully saturated rings. The summed E-state index contributed by atoms with van der Waals surface area (Å²) in [5.74, 6) is 0. The molecule has 0 aliphatic carbocycles. The van der Waals surface area contributed by atoms with E-state index in [1.165, 1.54) is 11.6 Å². The summed E-state index contributed by atoms with van der Waals surface area (Å²) >= 11 is 5.12. The van der Waals surface area contributed by atoms with Crippen LogP contribution in [-0.4, -0.2) is 15.7 Å². The molecule has 2 aromatic carbocycles. The number of nitro benzene ring substituents is 1. The molecular weight excluding hydrogens is 312 g/mol. The molecule has 118 valence electrons. The number of anilines is 1. The molecule has 0 aromatic heterocycles. The number of nitro groups is 1. The van der Waals surface area contributed by atoms with Gasteiger partial charge in [0, 0.05) is 6.07 Å². The summed E-state index contributed by atoms with van der Waals surface area (Å²) < 4.78 is 0. The van der Waals surface area contributed by atoms with E-state index in [1.807, 2.05) is 38.1 Å². The maximum atomic E-state index is 11.0. The highest BCUT2D eigenvalue weighted by molar-refractivity contribution is 7.80. The van der Waals surface area contributed by atoms with E-state index in [0.29, 0.717) is 5.69 Å². The SMILES string of the molecule is C/C(=N/NC(=S)Nc1ccccc1[N+](=O)[O-])c1ccc(C)cc1. The first-order chi connectivity index (χ1) is 11.0. The number of nitrogens with one attached hydrogen (secondary N) is 2. The number of nitrogens with zero attached hydrogens (tertiary/aromatic N) is 2. The van der Waals surface area contributed by atoms with Crippen LogP contribution in [0, 0.1) is 17.0 Å². The van der Waals surface area contributed by atoms with Gasteiger partial charge in [-0.25, -0.2) is 0 Å². The molecule has 0 saturated heterocycles. The molecule has 0 aliphatic rings. The van der Waals surface area contributed by atoms with Crippen LogP contribution in [0.1, 0.15) is 18.1 Å². The van der Waals surface area contributed by atoms with Gasteiger partial charge in [0.2, 0.25) is 0 Å².